The molecule has 132 valence electrons. The van der Waals surface area contributed by atoms with Crippen molar-refractivity contribution < 1.29 is 4.74 Å². The number of hydrogen-bond donors (Lipinski definition) is 2. The number of nitrogens with one attached hydrogen (secondary N) is 2. The van der Waals surface area contributed by atoms with Crippen LogP contribution in [0.15, 0.2) is 66.7 Å². The Bertz CT molecular complexity index is 899. The third-order valence-electron chi connectivity index (χ3n) is 4.54. The molecule has 0 spiro atoms. The van der Waals surface area contributed by atoms with E-state index in [1.54, 1.807) is 0 Å². The first kappa shape index (κ1) is 16.8. The van der Waals surface area contributed by atoms with Crippen molar-refractivity contribution in [1.29, 1.82) is 0 Å². The van der Waals surface area contributed by atoms with Crippen molar-refractivity contribution in [3.8, 4) is 0 Å². The average Bonchev–Trinajstić information content (AvgIpc) is 2.69. The number of nitrogens with zero attached hydrogens (tertiary/aromatic N) is 1. The van der Waals surface area contributed by atoms with Crippen molar-refractivity contribution in [3.05, 3.63) is 66.7 Å². The SMILES string of the molecule is S=C(Nc1ccc(N2CCOCC2)cc1)Nc1cccc2ccccc12. The molecule has 1 saturated heterocycles. The predicted octanol–water partition coefficient (Wildman–Crippen LogP) is 4.49. The Hall–Kier alpha value is -2.63. The molecule has 0 amide bonds. The molecule has 0 aliphatic carbocycles. The van der Waals surface area contributed by atoms with Gasteiger partial charge in [0.1, 0.15) is 0 Å². The quantitative estimate of drug-likeness (QED) is 0.671. The van der Waals surface area contributed by atoms with E-state index in [9.17, 15) is 0 Å². The van der Waals surface area contributed by atoms with Gasteiger partial charge in [-0.1, -0.05) is 36.4 Å². The Balaban J connectivity index is 1.43. The van der Waals surface area contributed by atoms with Crippen LogP contribution in [0.2, 0.25) is 0 Å². The molecule has 0 radical (unpaired) electrons. The van der Waals surface area contributed by atoms with Gasteiger partial charge in [-0.2, -0.15) is 0 Å². The summed E-state index contributed by atoms with van der Waals surface area (Å²) in [5.41, 5.74) is 3.19. The molecule has 1 aliphatic rings. The van der Waals surface area contributed by atoms with Crippen molar-refractivity contribution in [2.24, 2.45) is 0 Å². The maximum Gasteiger partial charge on any atom is 0.175 e. The minimum atomic E-state index is 0.584. The van der Waals surface area contributed by atoms with Gasteiger partial charge in [0.05, 0.1) is 13.2 Å². The minimum absolute atomic E-state index is 0.584. The first-order valence-electron chi connectivity index (χ1n) is 8.78. The molecule has 0 saturated carbocycles. The maximum atomic E-state index is 5.49. The molecule has 0 aromatic heterocycles. The summed E-state index contributed by atoms with van der Waals surface area (Å²) in [5.74, 6) is 0. The monoisotopic (exact) mass is 363 g/mol. The third kappa shape index (κ3) is 3.79. The van der Waals surface area contributed by atoms with Crippen molar-refractivity contribution in [3.63, 3.8) is 0 Å². The molecular weight excluding hydrogens is 342 g/mol. The number of morpholine rings is 1. The smallest absolute Gasteiger partial charge is 0.175 e. The normalized spacial score (nSPS) is 14.2. The largest absolute Gasteiger partial charge is 0.378 e. The van der Waals surface area contributed by atoms with Crippen molar-refractivity contribution in [2.75, 3.05) is 41.8 Å². The molecule has 4 rings (SSSR count). The lowest BCUT2D eigenvalue weighted by atomic mass is 10.1. The summed E-state index contributed by atoms with van der Waals surface area (Å²) in [4.78, 5) is 2.33. The molecule has 1 heterocycles. The highest BCUT2D eigenvalue weighted by Crippen LogP contribution is 2.24. The molecule has 3 aromatic carbocycles. The second-order valence-corrected chi connectivity index (χ2v) is 6.66. The van der Waals surface area contributed by atoms with E-state index in [1.807, 2.05) is 24.3 Å². The first-order valence-corrected chi connectivity index (χ1v) is 9.19. The van der Waals surface area contributed by atoms with Gasteiger partial charge in [-0.25, -0.2) is 0 Å². The zero-order valence-electron chi connectivity index (χ0n) is 14.4. The van der Waals surface area contributed by atoms with Gasteiger partial charge < -0.3 is 20.3 Å². The molecule has 2 N–H and O–H groups in total. The fourth-order valence-electron chi connectivity index (χ4n) is 3.20. The van der Waals surface area contributed by atoms with E-state index < -0.39 is 0 Å². The van der Waals surface area contributed by atoms with Crippen molar-refractivity contribution in [2.45, 2.75) is 0 Å². The Labute approximate surface area is 158 Å². The van der Waals surface area contributed by atoms with E-state index in [1.165, 1.54) is 11.1 Å². The Morgan fingerprint density at radius 2 is 1.58 bits per heavy atom. The van der Waals surface area contributed by atoms with Crippen LogP contribution < -0.4 is 15.5 Å². The molecule has 5 heteroatoms. The Kier molecular flexibility index (Phi) is 5.00. The predicted molar refractivity (Wildman–Crippen MR) is 113 cm³/mol. The molecule has 3 aromatic rings. The summed E-state index contributed by atoms with van der Waals surface area (Å²) < 4.78 is 5.41. The number of fused-ring (bicyclic) bond motifs is 1. The lowest BCUT2D eigenvalue weighted by Gasteiger charge is -2.29. The Morgan fingerprint density at radius 1 is 0.846 bits per heavy atom. The molecule has 26 heavy (non-hydrogen) atoms. The lowest BCUT2D eigenvalue weighted by molar-refractivity contribution is 0.122. The van der Waals surface area contributed by atoms with Gasteiger partial charge in [0.2, 0.25) is 0 Å². The van der Waals surface area contributed by atoms with Crippen LogP contribution in [0.1, 0.15) is 0 Å². The number of anilines is 3. The van der Waals surface area contributed by atoms with Crippen LogP contribution in [0.25, 0.3) is 10.8 Å². The number of benzene rings is 3. The highest BCUT2D eigenvalue weighted by Gasteiger charge is 2.11. The summed E-state index contributed by atoms with van der Waals surface area (Å²) in [7, 11) is 0. The van der Waals surface area contributed by atoms with E-state index in [4.69, 9.17) is 17.0 Å². The zero-order valence-corrected chi connectivity index (χ0v) is 15.3. The van der Waals surface area contributed by atoms with Crippen molar-refractivity contribution in [1.82, 2.24) is 0 Å². The highest BCUT2D eigenvalue weighted by atomic mass is 32.1. The van der Waals surface area contributed by atoms with Gasteiger partial charge in [0, 0.05) is 35.5 Å². The van der Waals surface area contributed by atoms with Gasteiger partial charge >= 0.3 is 0 Å². The van der Waals surface area contributed by atoms with Crippen LogP contribution in [-0.2, 0) is 4.74 Å². The fraction of sp³-hybridized carbons (Fsp3) is 0.190. The van der Waals surface area contributed by atoms with Gasteiger partial charge in [0.15, 0.2) is 5.11 Å². The van der Waals surface area contributed by atoms with E-state index >= 15 is 0 Å². The van der Waals surface area contributed by atoms with Gasteiger partial charge in [-0.05, 0) is 47.9 Å². The zero-order chi connectivity index (χ0) is 17.8. The van der Waals surface area contributed by atoms with Gasteiger partial charge in [-0.15, -0.1) is 0 Å². The second kappa shape index (κ2) is 7.72. The number of hydrogen-bond acceptors (Lipinski definition) is 3. The number of thiocarbonyl (C=S) groups is 1. The van der Waals surface area contributed by atoms with Crippen LogP contribution in [0, 0.1) is 0 Å². The summed E-state index contributed by atoms with van der Waals surface area (Å²) in [6, 6.07) is 22.8. The molecule has 4 nitrogen and oxygen atoms in total. The van der Waals surface area contributed by atoms with Crippen molar-refractivity contribution >= 4 is 45.2 Å². The second-order valence-electron chi connectivity index (χ2n) is 6.25. The van der Waals surface area contributed by atoms with E-state index in [2.05, 4.69) is 58.0 Å². The van der Waals surface area contributed by atoms with Crippen LogP contribution in [0.5, 0.6) is 0 Å². The summed E-state index contributed by atoms with van der Waals surface area (Å²) in [6.07, 6.45) is 0. The van der Waals surface area contributed by atoms with E-state index in [0.29, 0.717) is 5.11 Å². The molecule has 1 aliphatic heterocycles. The highest BCUT2D eigenvalue weighted by molar-refractivity contribution is 7.80. The van der Waals surface area contributed by atoms with Crippen LogP contribution in [0.3, 0.4) is 0 Å². The summed E-state index contributed by atoms with van der Waals surface area (Å²) >= 11 is 5.49. The third-order valence-corrected chi connectivity index (χ3v) is 4.74. The van der Waals surface area contributed by atoms with Crippen LogP contribution >= 0.6 is 12.2 Å². The van der Waals surface area contributed by atoms with E-state index in [-0.39, 0.29) is 0 Å². The standard InChI is InChI=1S/C21H21N3OS/c26-21(23-20-7-3-5-16-4-1-2-6-19(16)20)22-17-8-10-18(11-9-17)24-12-14-25-15-13-24/h1-11H,12-15H2,(H2,22,23,26). The van der Waals surface area contributed by atoms with Crippen LogP contribution in [0.4, 0.5) is 17.1 Å². The molecule has 1 fully saturated rings. The average molecular weight is 363 g/mol. The molecule has 0 bridgehead atoms. The topological polar surface area (TPSA) is 36.5 Å². The lowest BCUT2D eigenvalue weighted by Crippen LogP contribution is -2.36. The minimum Gasteiger partial charge on any atom is -0.378 e. The first-order chi connectivity index (χ1) is 12.8. The molecule has 0 unspecified atom stereocenters. The maximum absolute atomic E-state index is 5.49. The number of rotatable bonds is 3. The fourth-order valence-corrected chi connectivity index (χ4v) is 3.42. The summed E-state index contributed by atoms with van der Waals surface area (Å²) in [6.45, 7) is 3.46. The van der Waals surface area contributed by atoms with Gasteiger partial charge in [-0.3, -0.25) is 0 Å². The Morgan fingerprint density at radius 3 is 2.38 bits per heavy atom. The molecule has 0 atom stereocenters. The number of ether oxygens (including phenoxy) is 1. The van der Waals surface area contributed by atoms with Crippen LogP contribution in [-0.4, -0.2) is 31.4 Å². The molecular formula is C21H21N3OS. The van der Waals surface area contributed by atoms with E-state index in [0.717, 1.165) is 43.1 Å². The summed E-state index contributed by atoms with van der Waals surface area (Å²) in [5, 5.41) is 9.50. The van der Waals surface area contributed by atoms with Gasteiger partial charge in [0.25, 0.3) is 0 Å².